The summed E-state index contributed by atoms with van der Waals surface area (Å²) >= 11 is 17.7. The van der Waals surface area contributed by atoms with Crippen LogP contribution in [0.5, 0.6) is 0 Å². The highest BCUT2D eigenvalue weighted by atomic mass is 35.5. The van der Waals surface area contributed by atoms with Gasteiger partial charge in [0, 0.05) is 6.20 Å². The van der Waals surface area contributed by atoms with E-state index < -0.39 is 0 Å². The number of pyridine rings is 1. The van der Waals surface area contributed by atoms with Gasteiger partial charge >= 0.3 is 0 Å². The molecule has 0 aliphatic rings. The molecule has 2 aromatic heterocycles. The zero-order valence-corrected chi connectivity index (χ0v) is 13.4. The van der Waals surface area contributed by atoms with Crippen molar-refractivity contribution in [1.82, 2.24) is 20.0 Å². The minimum absolute atomic E-state index is 0.472. The summed E-state index contributed by atoms with van der Waals surface area (Å²) < 4.78 is 1.63. The minimum Gasteiger partial charge on any atom is -0.364 e. The highest BCUT2D eigenvalue weighted by Crippen LogP contribution is 2.24. The summed E-state index contributed by atoms with van der Waals surface area (Å²) in [5, 5.41) is 12.9. The number of hydrogen-bond donors (Lipinski definition) is 1. The molecule has 3 rings (SSSR count). The van der Waals surface area contributed by atoms with Crippen LogP contribution in [0, 0.1) is 0 Å². The molecule has 3 aromatic rings. The Morgan fingerprint density at radius 3 is 2.64 bits per heavy atom. The summed E-state index contributed by atoms with van der Waals surface area (Å²) in [6, 6.07) is 8.84. The number of anilines is 1. The lowest BCUT2D eigenvalue weighted by molar-refractivity contribution is 0.798. The van der Waals surface area contributed by atoms with E-state index in [4.69, 9.17) is 34.8 Å². The molecule has 1 N–H and O–H groups in total. The largest absolute Gasteiger partial charge is 0.364 e. The maximum absolute atomic E-state index is 6.00. The average Bonchev–Trinajstić information content (AvgIpc) is 2.98. The van der Waals surface area contributed by atoms with Gasteiger partial charge in [-0.2, -0.15) is 0 Å². The number of nitrogens with one attached hydrogen (secondary N) is 1. The predicted octanol–water partition coefficient (Wildman–Crippen LogP) is 4.23. The van der Waals surface area contributed by atoms with E-state index in [1.165, 1.54) is 0 Å². The van der Waals surface area contributed by atoms with E-state index in [2.05, 4.69) is 20.6 Å². The van der Waals surface area contributed by atoms with Gasteiger partial charge in [0.25, 0.3) is 0 Å². The van der Waals surface area contributed by atoms with Gasteiger partial charge in [-0.3, -0.25) is 0 Å². The lowest BCUT2D eigenvalue weighted by Gasteiger charge is -2.03. The van der Waals surface area contributed by atoms with E-state index in [1.54, 1.807) is 35.1 Å². The van der Waals surface area contributed by atoms with Crippen LogP contribution < -0.4 is 5.32 Å². The van der Waals surface area contributed by atoms with Gasteiger partial charge in [-0.1, -0.05) is 40.0 Å². The molecular formula is C14H10Cl3N5. The second-order valence-electron chi connectivity index (χ2n) is 4.47. The van der Waals surface area contributed by atoms with Crippen molar-refractivity contribution in [3.05, 3.63) is 63.5 Å². The third-order valence-corrected chi connectivity index (χ3v) is 3.85. The van der Waals surface area contributed by atoms with E-state index in [9.17, 15) is 0 Å². The van der Waals surface area contributed by atoms with Gasteiger partial charge in [0.05, 0.1) is 33.5 Å². The van der Waals surface area contributed by atoms with Crippen LogP contribution in [-0.2, 0) is 6.54 Å². The third-order valence-electron chi connectivity index (χ3n) is 2.89. The molecule has 0 aliphatic carbocycles. The molecule has 0 spiro atoms. The topological polar surface area (TPSA) is 55.6 Å². The molecule has 8 heteroatoms. The molecule has 22 heavy (non-hydrogen) atoms. The molecule has 0 bridgehead atoms. The Bertz CT molecular complexity index is 785. The molecule has 0 atom stereocenters. The Kier molecular flexibility index (Phi) is 4.47. The highest BCUT2D eigenvalue weighted by molar-refractivity contribution is 6.42. The van der Waals surface area contributed by atoms with E-state index in [-0.39, 0.29) is 0 Å². The maximum Gasteiger partial charge on any atom is 0.126 e. The summed E-state index contributed by atoms with van der Waals surface area (Å²) in [6.45, 7) is 0.496. The minimum atomic E-state index is 0.472. The summed E-state index contributed by atoms with van der Waals surface area (Å²) in [4.78, 5) is 4.15. The van der Waals surface area contributed by atoms with Crippen LogP contribution in [0.2, 0.25) is 15.1 Å². The number of benzene rings is 1. The summed E-state index contributed by atoms with van der Waals surface area (Å²) in [6.07, 6.45) is 3.39. The van der Waals surface area contributed by atoms with Gasteiger partial charge in [0.15, 0.2) is 0 Å². The summed E-state index contributed by atoms with van der Waals surface area (Å²) in [5.41, 5.74) is 1.56. The molecule has 0 radical (unpaired) electrons. The van der Waals surface area contributed by atoms with Crippen LogP contribution in [0.4, 0.5) is 5.82 Å². The van der Waals surface area contributed by atoms with Gasteiger partial charge in [-0.05, 0) is 30.3 Å². The molecule has 112 valence electrons. The predicted molar refractivity (Wildman–Crippen MR) is 88.0 cm³/mol. The molecule has 0 aliphatic heterocycles. The second-order valence-corrected chi connectivity index (χ2v) is 5.72. The zero-order chi connectivity index (χ0) is 15.5. The number of halogens is 3. The molecule has 0 saturated heterocycles. The summed E-state index contributed by atoms with van der Waals surface area (Å²) in [5.74, 6) is 0.716. The van der Waals surface area contributed by atoms with E-state index in [1.807, 2.05) is 12.3 Å². The molecule has 0 saturated carbocycles. The fraction of sp³-hybridized carbons (Fsp3) is 0.0714. The van der Waals surface area contributed by atoms with E-state index in [0.717, 1.165) is 11.4 Å². The first kappa shape index (κ1) is 15.1. The first-order valence-electron chi connectivity index (χ1n) is 6.34. The van der Waals surface area contributed by atoms with Crippen molar-refractivity contribution in [2.75, 3.05) is 5.32 Å². The van der Waals surface area contributed by atoms with Crippen molar-refractivity contribution in [1.29, 1.82) is 0 Å². The number of rotatable bonds is 4. The maximum atomic E-state index is 6.00. The van der Waals surface area contributed by atoms with E-state index in [0.29, 0.717) is 27.4 Å². The van der Waals surface area contributed by atoms with Crippen molar-refractivity contribution < 1.29 is 0 Å². The van der Waals surface area contributed by atoms with Crippen LogP contribution in [-0.4, -0.2) is 20.0 Å². The van der Waals surface area contributed by atoms with Crippen LogP contribution in [0.3, 0.4) is 0 Å². The first-order valence-corrected chi connectivity index (χ1v) is 7.47. The lowest BCUT2D eigenvalue weighted by atomic mass is 10.3. The van der Waals surface area contributed by atoms with Crippen LogP contribution in [0.1, 0.15) is 5.69 Å². The molecule has 0 unspecified atom stereocenters. The SMILES string of the molecule is Clc1ccc(NCc2cn(-c3ccc(Cl)c(Cl)c3)nn2)nc1. The molecular weight excluding hydrogens is 345 g/mol. The number of hydrogen-bond acceptors (Lipinski definition) is 4. The van der Waals surface area contributed by atoms with Gasteiger partial charge in [0.1, 0.15) is 11.5 Å². The van der Waals surface area contributed by atoms with Gasteiger partial charge in [-0.25, -0.2) is 9.67 Å². The standard InChI is InChI=1S/C14H10Cl3N5/c15-9-1-4-14(18-6-9)19-7-10-8-22(21-20-10)11-2-3-12(16)13(17)5-11/h1-6,8H,7H2,(H,18,19). The fourth-order valence-corrected chi connectivity index (χ4v) is 2.20. The number of nitrogens with zero attached hydrogens (tertiary/aromatic N) is 4. The van der Waals surface area contributed by atoms with Crippen LogP contribution in [0.25, 0.3) is 5.69 Å². The molecule has 2 heterocycles. The van der Waals surface area contributed by atoms with Crippen molar-refractivity contribution in [2.45, 2.75) is 6.54 Å². The van der Waals surface area contributed by atoms with Crippen molar-refractivity contribution in [3.8, 4) is 5.69 Å². The van der Waals surface area contributed by atoms with Gasteiger partial charge in [0.2, 0.25) is 0 Å². The third kappa shape index (κ3) is 3.50. The Morgan fingerprint density at radius 2 is 1.91 bits per heavy atom. The van der Waals surface area contributed by atoms with Crippen molar-refractivity contribution >= 4 is 40.6 Å². The van der Waals surface area contributed by atoms with Gasteiger partial charge in [-0.15, -0.1) is 5.10 Å². The monoisotopic (exact) mass is 353 g/mol. The Labute approximate surface area is 141 Å². The molecule has 0 fully saturated rings. The lowest BCUT2D eigenvalue weighted by Crippen LogP contribution is -2.01. The second kappa shape index (κ2) is 6.52. The Balaban J connectivity index is 1.70. The quantitative estimate of drug-likeness (QED) is 0.761. The Morgan fingerprint density at radius 1 is 1.05 bits per heavy atom. The molecule has 1 aromatic carbocycles. The van der Waals surface area contributed by atoms with Crippen molar-refractivity contribution in [2.24, 2.45) is 0 Å². The first-order chi connectivity index (χ1) is 10.6. The smallest absolute Gasteiger partial charge is 0.126 e. The highest BCUT2D eigenvalue weighted by Gasteiger charge is 2.05. The number of aromatic nitrogens is 4. The van der Waals surface area contributed by atoms with E-state index >= 15 is 0 Å². The molecule has 0 amide bonds. The normalized spacial score (nSPS) is 10.7. The fourth-order valence-electron chi connectivity index (χ4n) is 1.79. The zero-order valence-electron chi connectivity index (χ0n) is 11.2. The van der Waals surface area contributed by atoms with Gasteiger partial charge < -0.3 is 5.32 Å². The van der Waals surface area contributed by atoms with Crippen LogP contribution in [0.15, 0.2) is 42.7 Å². The van der Waals surface area contributed by atoms with Crippen LogP contribution >= 0.6 is 34.8 Å². The summed E-state index contributed by atoms with van der Waals surface area (Å²) in [7, 11) is 0. The molecule has 5 nitrogen and oxygen atoms in total. The Hall–Kier alpha value is -1.82. The average molecular weight is 355 g/mol. The van der Waals surface area contributed by atoms with Crippen molar-refractivity contribution in [3.63, 3.8) is 0 Å².